The van der Waals surface area contributed by atoms with Crippen LogP contribution < -0.4 is 14.8 Å². The fraction of sp³-hybridized carbons (Fsp3) is 0.360. The maximum absolute atomic E-state index is 13.3. The van der Waals surface area contributed by atoms with Crippen LogP contribution in [0.2, 0.25) is 0 Å². The standard InChI is InChI=1S/C25H26N4O4S/c1-4-21(23(30)26-15-9-10-19-20(12-15)33-13-32-19)34-25-28-17-8-6-5-7-16(17)22-27-18(11-14(2)3)24(31)29(22)25/h5-10,12,14,18,21H,4,11,13H2,1-3H3,(H,26,30)/t18-,21+/m0/s1. The van der Waals surface area contributed by atoms with Crippen LogP contribution in [0, 0.1) is 5.92 Å². The summed E-state index contributed by atoms with van der Waals surface area (Å²) in [6.07, 6.45) is 1.23. The number of carbonyl (C=O) groups excluding carboxylic acids is 2. The predicted molar refractivity (Wildman–Crippen MR) is 133 cm³/mol. The highest BCUT2D eigenvalue weighted by Crippen LogP contribution is 2.37. The molecule has 0 saturated carbocycles. The maximum atomic E-state index is 13.3. The number of nitrogens with zero attached hydrogens (tertiary/aromatic N) is 3. The van der Waals surface area contributed by atoms with E-state index in [-0.39, 0.29) is 18.6 Å². The first-order valence-electron chi connectivity index (χ1n) is 11.4. The van der Waals surface area contributed by atoms with Gasteiger partial charge >= 0.3 is 0 Å². The van der Waals surface area contributed by atoms with Gasteiger partial charge in [0.2, 0.25) is 12.7 Å². The molecule has 0 fully saturated rings. The van der Waals surface area contributed by atoms with Gasteiger partial charge in [-0.1, -0.05) is 44.7 Å². The highest BCUT2D eigenvalue weighted by Gasteiger charge is 2.42. The van der Waals surface area contributed by atoms with Crippen molar-refractivity contribution in [2.75, 3.05) is 12.1 Å². The topological polar surface area (TPSA) is 92.6 Å². The Hall–Kier alpha value is -3.33. The number of benzene rings is 2. The number of nitrogens with one attached hydrogen (secondary N) is 1. The first-order valence-corrected chi connectivity index (χ1v) is 12.3. The zero-order valence-electron chi connectivity index (χ0n) is 19.3. The quantitative estimate of drug-likeness (QED) is 0.657. The lowest BCUT2D eigenvalue weighted by Crippen LogP contribution is -2.42. The van der Waals surface area contributed by atoms with Gasteiger partial charge in [0.05, 0.1) is 10.9 Å². The molecule has 0 spiro atoms. The van der Waals surface area contributed by atoms with E-state index in [0.717, 1.165) is 11.3 Å². The molecule has 0 unspecified atom stereocenters. The van der Waals surface area contributed by atoms with E-state index in [1.54, 1.807) is 23.1 Å². The van der Waals surface area contributed by atoms with Crippen LogP contribution in [-0.4, -0.2) is 45.8 Å². The maximum Gasteiger partial charge on any atom is 0.259 e. The molecule has 0 aliphatic carbocycles. The van der Waals surface area contributed by atoms with Crippen molar-refractivity contribution in [3.63, 3.8) is 0 Å². The van der Waals surface area contributed by atoms with Crippen molar-refractivity contribution in [1.29, 1.82) is 0 Å². The smallest absolute Gasteiger partial charge is 0.259 e. The highest BCUT2D eigenvalue weighted by atomic mass is 32.2. The van der Waals surface area contributed by atoms with Crippen molar-refractivity contribution in [1.82, 2.24) is 4.90 Å². The van der Waals surface area contributed by atoms with Crippen molar-refractivity contribution in [2.45, 2.75) is 44.9 Å². The lowest BCUT2D eigenvalue weighted by molar-refractivity contribution is -0.125. The second-order valence-corrected chi connectivity index (χ2v) is 9.93. The SMILES string of the molecule is CC[C@@H](SC1=Nc2ccccc2C2=N[C@@H](CC(C)C)C(=O)N12)C(=O)Nc1ccc2c(c1)OCO2. The molecule has 3 aliphatic heterocycles. The second-order valence-electron chi connectivity index (χ2n) is 8.76. The van der Waals surface area contributed by atoms with E-state index in [2.05, 4.69) is 19.2 Å². The van der Waals surface area contributed by atoms with Crippen LogP contribution in [0.5, 0.6) is 11.5 Å². The number of thioether (sulfide) groups is 1. The number of rotatable bonds is 6. The summed E-state index contributed by atoms with van der Waals surface area (Å²) >= 11 is 1.29. The minimum Gasteiger partial charge on any atom is -0.454 e. The van der Waals surface area contributed by atoms with Gasteiger partial charge in [-0.25, -0.2) is 9.89 Å². The number of para-hydroxylation sites is 1. The molecule has 3 heterocycles. The van der Waals surface area contributed by atoms with Crippen LogP contribution >= 0.6 is 11.8 Å². The van der Waals surface area contributed by atoms with Gasteiger partial charge in [-0.3, -0.25) is 14.6 Å². The van der Waals surface area contributed by atoms with Gasteiger partial charge in [0, 0.05) is 17.3 Å². The van der Waals surface area contributed by atoms with Gasteiger partial charge in [-0.05, 0) is 43.0 Å². The van der Waals surface area contributed by atoms with Crippen molar-refractivity contribution in [2.24, 2.45) is 15.9 Å². The number of anilines is 1. The van der Waals surface area contributed by atoms with E-state index in [4.69, 9.17) is 19.5 Å². The van der Waals surface area contributed by atoms with Crippen LogP contribution in [0.25, 0.3) is 0 Å². The Morgan fingerprint density at radius 2 is 2.00 bits per heavy atom. The fourth-order valence-electron chi connectivity index (χ4n) is 4.13. The molecule has 9 heteroatoms. The number of hydrogen-bond acceptors (Lipinski definition) is 7. The molecule has 5 rings (SSSR count). The molecular weight excluding hydrogens is 452 g/mol. The largest absolute Gasteiger partial charge is 0.454 e. The van der Waals surface area contributed by atoms with Crippen molar-refractivity contribution in [3.8, 4) is 11.5 Å². The van der Waals surface area contributed by atoms with Crippen LogP contribution in [-0.2, 0) is 9.59 Å². The van der Waals surface area contributed by atoms with Crippen molar-refractivity contribution < 1.29 is 19.1 Å². The second kappa shape index (κ2) is 9.13. The Morgan fingerprint density at radius 3 is 2.79 bits per heavy atom. The van der Waals surface area contributed by atoms with Crippen LogP contribution in [0.1, 0.15) is 39.2 Å². The van der Waals surface area contributed by atoms with Crippen molar-refractivity contribution >= 4 is 46.0 Å². The Bertz CT molecular complexity index is 1210. The highest BCUT2D eigenvalue weighted by molar-refractivity contribution is 8.15. The molecule has 2 aromatic carbocycles. The van der Waals surface area contributed by atoms with Gasteiger partial charge in [-0.15, -0.1) is 0 Å². The van der Waals surface area contributed by atoms with E-state index in [1.807, 2.05) is 31.2 Å². The Kier molecular flexibility index (Phi) is 6.03. The monoisotopic (exact) mass is 478 g/mol. The van der Waals surface area contributed by atoms with E-state index < -0.39 is 11.3 Å². The number of carbonyl (C=O) groups is 2. The lowest BCUT2D eigenvalue weighted by atomic mass is 10.0. The summed E-state index contributed by atoms with van der Waals surface area (Å²) in [6.45, 7) is 6.27. The molecule has 0 aromatic heterocycles. The number of aliphatic imine (C=N–C) groups is 2. The minimum absolute atomic E-state index is 0.0875. The number of ether oxygens (including phenoxy) is 2. The predicted octanol–water partition coefficient (Wildman–Crippen LogP) is 4.57. The van der Waals surface area contributed by atoms with E-state index in [0.29, 0.717) is 46.9 Å². The molecule has 2 amide bonds. The van der Waals surface area contributed by atoms with Crippen LogP contribution in [0.3, 0.4) is 0 Å². The molecule has 2 atom stereocenters. The molecule has 0 bridgehead atoms. The normalized spacial score (nSPS) is 18.9. The number of fused-ring (bicyclic) bond motifs is 4. The molecule has 0 saturated heterocycles. The molecule has 0 radical (unpaired) electrons. The average molecular weight is 479 g/mol. The average Bonchev–Trinajstić information content (AvgIpc) is 3.41. The van der Waals surface area contributed by atoms with Crippen LogP contribution in [0.15, 0.2) is 52.4 Å². The molecule has 34 heavy (non-hydrogen) atoms. The first-order chi connectivity index (χ1) is 16.4. The number of amidine groups is 2. The third-order valence-electron chi connectivity index (χ3n) is 5.79. The third-order valence-corrected chi connectivity index (χ3v) is 7.11. The van der Waals surface area contributed by atoms with E-state index >= 15 is 0 Å². The molecule has 2 aromatic rings. The van der Waals surface area contributed by atoms with E-state index in [9.17, 15) is 9.59 Å². The molecule has 1 N–H and O–H groups in total. The van der Waals surface area contributed by atoms with Gasteiger partial charge < -0.3 is 14.8 Å². The summed E-state index contributed by atoms with van der Waals surface area (Å²) in [6, 6.07) is 12.5. The number of amides is 2. The Balaban J connectivity index is 1.39. The Labute approximate surface area is 202 Å². The van der Waals surface area contributed by atoms with Gasteiger partial charge in [0.15, 0.2) is 16.7 Å². The molecule has 8 nitrogen and oxygen atoms in total. The summed E-state index contributed by atoms with van der Waals surface area (Å²) in [5, 5.41) is 2.99. The van der Waals surface area contributed by atoms with Crippen molar-refractivity contribution in [3.05, 3.63) is 48.0 Å². The summed E-state index contributed by atoms with van der Waals surface area (Å²) in [5.74, 6) is 1.96. The van der Waals surface area contributed by atoms with Gasteiger partial charge in [0.1, 0.15) is 11.9 Å². The molecule has 176 valence electrons. The van der Waals surface area contributed by atoms with Gasteiger partial charge in [0.25, 0.3) is 5.91 Å². The summed E-state index contributed by atoms with van der Waals surface area (Å²) < 4.78 is 10.7. The number of hydrogen-bond donors (Lipinski definition) is 1. The summed E-state index contributed by atoms with van der Waals surface area (Å²) in [7, 11) is 0. The summed E-state index contributed by atoms with van der Waals surface area (Å²) in [4.78, 5) is 37.6. The first kappa shape index (κ1) is 22.5. The van der Waals surface area contributed by atoms with Gasteiger partial charge in [-0.2, -0.15) is 0 Å². The minimum atomic E-state index is -0.451. The lowest BCUT2D eigenvalue weighted by Gasteiger charge is -2.27. The molecule has 3 aliphatic rings. The van der Waals surface area contributed by atoms with Crippen LogP contribution in [0.4, 0.5) is 11.4 Å². The fourth-order valence-corrected chi connectivity index (χ4v) is 5.15. The van der Waals surface area contributed by atoms with E-state index in [1.165, 1.54) is 11.8 Å². The zero-order valence-corrected chi connectivity index (χ0v) is 20.1. The molecular formula is C25H26N4O4S. The summed E-state index contributed by atoms with van der Waals surface area (Å²) in [5.41, 5.74) is 2.22. The third kappa shape index (κ3) is 4.16. The zero-order chi connectivity index (χ0) is 23.8. The Morgan fingerprint density at radius 1 is 1.21 bits per heavy atom.